The van der Waals surface area contributed by atoms with Gasteiger partial charge in [-0.3, -0.25) is 4.79 Å². The maximum Gasteiger partial charge on any atom is 0.233 e. The van der Waals surface area contributed by atoms with Gasteiger partial charge in [-0.15, -0.1) is 0 Å². The summed E-state index contributed by atoms with van der Waals surface area (Å²) in [6, 6.07) is 13.7. The fourth-order valence-corrected chi connectivity index (χ4v) is 5.07. The number of benzene rings is 1. The maximum atomic E-state index is 13.5. The van der Waals surface area contributed by atoms with Gasteiger partial charge in [0, 0.05) is 12.0 Å². The van der Waals surface area contributed by atoms with Gasteiger partial charge in [-0.1, -0.05) is 51.1 Å². The van der Waals surface area contributed by atoms with Crippen LogP contribution < -0.4 is 5.32 Å². The molecule has 6 heteroatoms. The van der Waals surface area contributed by atoms with Crippen molar-refractivity contribution in [3.8, 4) is 12.1 Å². The first-order valence-corrected chi connectivity index (χ1v) is 9.37. The summed E-state index contributed by atoms with van der Waals surface area (Å²) in [6.45, 7) is 6.67. The van der Waals surface area contributed by atoms with Crippen molar-refractivity contribution in [3.63, 3.8) is 0 Å². The van der Waals surface area contributed by atoms with E-state index in [1.54, 1.807) is 0 Å². The summed E-state index contributed by atoms with van der Waals surface area (Å²) in [5.74, 6) is -0.0910. The van der Waals surface area contributed by atoms with E-state index in [0.29, 0.717) is 24.4 Å². The van der Waals surface area contributed by atoms with Gasteiger partial charge < -0.3 is 5.32 Å². The first kappa shape index (κ1) is 18.1. The zero-order valence-corrected chi connectivity index (χ0v) is 16.2. The van der Waals surface area contributed by atoms with Crippen molar-refractivity contribution in [2.75, 3.05) is 0 Å². The van der Waals surface area contributed by atoms with Crippen molar-refractivity contribution in [2.24, 2.45) is 5.41 Å². The van der Waals surface area contributed by atoms with Crippen LogP contribution in [0.3, 0.4) is 0 Å². The van der Waals surface area contributed by atoms with Crippen molar-refractivity contribution in [1.82, 2.24) is 15.3 Å². The van der Waals surface area contributed by atoms with Gasteiger partial charge in [-0.2, -0.15) is 10.5 Å². The summed E-state index contributed by atoms with van der Waals surface area (Å²) < 4.78 is 0. The lowest BCUT2D eigenvalue weighted by Crippen LogP contribution is -2.51. The molecule has 6 nitrogen and oxygen atoms in total. The molecular formula is C22H21N5O. The van der Waals surface area contributed by atoms with Crippen LogP contribution in [0.2, 0.25) is 0 Å². The molecule has 2 aromatic rings. The molecule has 0 aliphatic heterocycles. The normalized spacial score (nSPS) is 26.2. The van der Waals surface area contributed by atoms with Crippen LogP contribution in [0.1, 0.15) is 62.0 Å². The zero-order chi connectivity index (χ0) is 20.2. The van der Waals surface area contributed by atoms with Gasteiger partial charge in [0.1, 0.15) is 12.1 Å². The number of aromatic nitrogens is 2. The van der Waals surface area contributed by atoms with Gasteiger partial charge in [0.25, 0.3) is 0 Å². The molecule has 4 rings (SSSR count). The van der Waals surface area contributed by atoms with Crippen LogP contribution in [0.5, 0.6) is 0 Å². The van der Waals surface area contributed by atoms with Crippen LogP contribution in [-0.4, -0.2) is 15.9 Å². The number of hydrogen-bond acceptors (Lipinski definition) is 5. The number of amides is 1. The van der Waals surface area contributed by atoms with Crippen LogP contribution in [0.15, 0.2) is 30.3 Å². The van der Waals surface area contributed by atoms with E-state index in [4.69, 9.17) is 0 Å². The molecule has 2 aliphatic carbocycles. The minimum absolute atomic E-state index is 0.0107. The van der Waals surface area contributed by atoms with E-state index in [-0.39, 0.29) is 22.7 Å². The summed E-state index contributed by atoms with van der Waals surface area (Å²) >= 11 is 0. The first-order valence-electron chi connectivity index (χ1n) is 9.37. The SMILES string of the molecule is CC12CCC(C(=O)NCc3ccccc3)(c3nc(C#N)c(C#N)nc31)C2(C)C. The van der Waals surface area contributed by atoms with E-state index < -0.39 is 10.8 Å². The lowest BCUT2D eigenvalue weighted by Gasteiger charge is -2.39. The number of carbonyl (C=O) groups is 1. The predicted molar refractivity (Wildman–Crippen MR) is 102 cm³/mol. The van der Waals surface area contributed by atoms with Gasteiger partial charge in [0.05, 0.1) is 16.8 Å². The molecule has 0 spiro atoms. The summed E-state index contributed by atoms with van der Waals surface area (Å²) in [7, 11) is 0. The largest absolute Gasteiger partial charge is 0.351 e. The number of rotatable bonds is 3. The number of hydrogen-bond donors (Lipinski definition) is 1. The average molecular weight is 371 g/mol. The maximum absolute atomic E-state index is 13.5. The third-order valence-corrected chi connectivity index (χ3v) is 7.16. The van der Waals surface area contributed by atoms with Crippen LogP contribution in [0, 0.1) is 28.1 Å². The molecule has 1 amide bonds. The summed E-state index contributed by atoms with van der Waals surface area (Å²) in [6.07, 6.45) is 1.44. The topological polar surface area (TPSA) is 102 Å². The van der Waals surface area contributed by atoms with Gasteiger partial charge >= 0.3 is 0 Å². The lowest BCUT2D eigenvalue weighted by atomic mass is 9.63. The van der Waals surface area contributed by atoms with Crippen LogP contribution in [0.25, 0.3) is 0 Å². The van der Waals surface area contributed by atoms with Crippen molar-refractivity contribution in [2.45, 2.75) is 51.0 Å². The Labute approximate surface area is 164 Å². The van der Waals surface area contributed by atoms with Crippen molar-refractivity contribution in [1.29, 1.82) is 10.5 Å². The molecule has 2 atom stereocenters. The Morgan fingerprint density at radius 3 is 2.25 bits per heavy atom. The third-order valence-electron chi connectivity index (χ3n) is 7.16. The average Bonchev–Trinajstić information content (AvgIpc) is 3.01. The van der Waals surface area contributed by atoms with Gasteiger partial charge in [0.15, 0.2) is 11.4 Å². The predicted octanol–water partition coefficient (Wildman–Crippen LogP) is 2.87. The number of nitriles is 2. The highest BCUT2D eigenvalue weighted by Crippen LogP contribution is 2.70. The third kappa shape index (κ3) is 2.03. The van der Waals surface area contributed by atoms with Crippen LogP contribution in [0.4, 0.5) is 0 Å². The Morgan fingerprint density at radius 1 is 1.04 bits per heavy atom. The summed E-state index contributed by atoms with van der Waals surface area (Å²) in [4.78, 5) is 22.6. The summed E-state index contributed by atoms with van der Waals surface area (Å²) in [5.41, 5.74) is 0.616. The quantitative estimate of drug-likeness (QED) is 0.894. The molecule has 1 aromatic carbocycles. The van der Waals surface area contributed by atoms with Crippen LogP contribution in [-0.2, 0) is 22.2 Å². The highest BCUT2D eigenvalue weighted by atomic mass is 16.2. The van der Waals surface area contributed by atoms with Gasteiger partial charge in [-0.05, 0) is 23.8 Å². The lowest BCUT2D eigenvalue weighted by molar-refractivity contribution is -0.130. The van der Waals surface area contributed by atoms with E-state index in [9.17, 15) is 15.3 Å². The van der Waals surface area contributed by atoms with Crippen molar-refractivity contribution < 1.29 is 4.79 Å². The zero-order valence-electron chi connectivity index (χ0n) is 16.2. The van der Waals surface area contributed by atoms with E-state index in [0.717, 1.165) is 12.0 Å². The minimum atomic E-state index is -0.863. The number of carbonyl (C=O) groups excluding carboxylic acids is 1. The number of nitrogens with zero attached hydrogens (tertiary/aromatic N) is 4. The Balaban J connectivity index is 1.82. The van der Waals surface area contributed by atoms with E-state index in [2.05, 4.69) is 36.1 Å². The van der Waals surface area contributed by atoms with E-state index >= 15 is 0 Å². The molecule has 28 heavy (non-hydrogen) atoms. The molecule has 1 saturated carbocycles. The monoisotopic (exact) mass is 371 g/mol. The molecule has 1 fully saturated rings. The fourth-order valence-electron chi connectivity index (χ4n) is 5.07. The Morgan fingerprint density at radius 2 is 1.64 bits per heavy atom. The molecule has 0 radical (unpaired) electrons. The molecule has 0 saturated heterocycles. The molecule has 1 heterocycles. The van der Waals surface area contributed by atoms with Crippen LogP contribution >= 0.6 is 0 Å². The molecular weight excluding hydrogens is 350 g/mol. The van der Waals surface area contributed by atoms with Crippen molar-refractivity contribution in [3.05, 3.63) is 58.7 Å². The van der Waals surface area contributed by atoms with E-state index in [1.165, 1.54) is 0 Å². The second-order valence-electron chi connectivity index (χ2n) is 8.37. The Hall–Kier alpha value is -3.25. The molecule has 1 N–H and O–H groups in total. The Bertz CT molecular complexity index is 1060. The fraction of sp³-hybridized carbons (Fsp3) is 0.409. The standard InChI is InChI=1S/C22H21N5O/c1-20(2)21(3)9-10-22(20,19(28)25-13-14-7-5-4-6-8-14)18-17(21)26-15(11-23)16(12-24)27-18/h4-8H,9-10,13H2,1-3H3,(H,25,28). The van der Waals surface area contributed by atoms with Gasteiger partial charge in [0.2, 0.25) is 5.91 Å². The minimum Gasteiger partial charge on any atom is -0.351 e. The van der Waals surface area contributed by atoms with Gasteiger partial charge in [-0.25, -0.2) is 9.97 Å². The molecule has 2 bridgehead atoms. The molecule has 1 aromatic heterocycles. The second kappa shape index (κ2) is 5.87. The molecule has 2 unspecified atom stereocenters. The van der Waals surface area contributed by atoms with Crippen molar-refractivity contribution >= 4 is 5.91 Å². The molecule has 2 aliphatic rings. The number of fused-ring (bicyclic) bond motifs is 5. The highest BCUT2D eigenvalue weighted by molar-refractivity contribution is 5.92. The molecule has 140 valence electrons. The smallest absolute Gasteiger partial charge is 0.233 e. The summed E-state index contributed by atoms with van der Waals surface area (Å²) in [5, 5.41) is 21.9. The second-order valence-corrected chi connectivity index (χ2v) is 8.37. The Kier molecular flexibility index (Phi) is 3.80. The highest BCUT2D eigenvalue weighted by Gasteiger charge is 2.73. The van der Waals surface area contributed by atoms with E-state index in [1.807, 2.05) is 42.5 Å². The number of nitrogens with one attached hydrogen (secondary N) is 1. The first-order chi connectivity index (χ1) is 13.3.